The molecule has 1 heterocycles. The van der Waals surface area contributed by atoms with Crippen LogP contribution < -0.4 is 14.2 Å². The molecule has 0 bridgehead atoms. The Balaban J connectivity index is 1.55. The highest BCUT2D eigenvalue weighted by Gasteiger charge is 2.21. The van der Waals surface area contributed by atoms with Crippen LogP contribution in [0.5, 0.6) is 17.2 Å². The van der Waals surface area contributed by atoms with Crippen molar-refractivity contribution >= 4 is 0 Å². The van der Waals surface area contributed by atoms with Crippen LogP contribution in [-0.2, 0) is 11.3 Å². The number of nitrogens with zero attached hydrogens (tertiary/aromatic N) is 1. The normalized spacial score (nSPS) is 17.3. The first kappa shape index (κ1) is 21.4. The molecule has 2 aromatic rings. The smallest absolute Gasteiger partial charge is 0.119 e. The molecule has 2 aromatic carbocycles. The van der Waals surface area contributed by atoms with E-state index in [2.05, 4.69) is 17.0 Å². The third kappa shape index (κ3) is 6.92. The van der Waals surface area contributed by atoms with Gasteiger partial charge in [0.25, 0.3) is 0 Å². The number of hydrogen-bond acceptors (Lipinski definition) is 6. The van der Waals surface area contributed by atoms with Crippen LogP contribution in [0.15, 0.2) is 48.5 Å². The van der Waals surface area contributed by atoms with Gasteiger partial charge in [-0.2, -0.15) is 0 Å². The van der Waals surface area contributed by atoms with Gasteiger partial charge in [0.05, 0.1) is 20.3 Å². The largest absolute Gasteiger partial charge is 0.497 e. The average Bonchev–Trinajstić information content (AvgIpc) is 3.26. The van der Waals surface area contributed by atoms with Crippen LogP contribution in [0.4, 0.5) is 0 Å². The Morgan fingerprint density at radius 3 is 2.21 bits per heavy atom. The summed E-state index contributed by atoms with van der Waals surface area (Å²) >= 11 is 0. The minimum Gasteiger partial charge on any atom is -0.497 e. The summed E-state index contributed by atoms with van der Waals surface area (Å²) in [4.78, 5) is 2.24. The molecule has 1 aliphatic rings. The van der Waals surface area contributed by atoms with Crippen LogP contribution in [0, 0.1) is 0 Å². The van der Waals surface area contributed by atoms with Crippen LogP contribution in [0.3, 0.4) is 0 Å². The number of hydrogen-bond donors (Lipinski definition) is 1. The van der Waals surface area contributed by atoms with Gasteiger partial charge in [0.2, 0.25) is 0 Å². The summed E-state index contributed by atoms with van der Waals surface area (Å²) in [7, 11) is 3.29. The number of ether oxygens (including phenoxy) is 4. The Morgan fingerprint density at radius 1 is 1.00 bits per heavy atom. The summed E-state index contributed by atoms with van der Waals surface area (Å²) in [6.07, 6.45) is 1.79. The van der Waals surface area contributed by atoms with Crippen molar-refractivity contribution in [2.45, 2.75) is 31.6 Å². The molecule has 6 nitrogen and oxygen atoms in total. The zero-order valence-corrected chi connectivity index (χ0v) is 17.3. The van der Waals surface area contributed by atoms with Crippen molar-refractivity contribution < 1.29 is 24.1 Å². The second-order valence-electron chi connectivity index (χ2n) is 7.32. The van der Waals surface area contributed by atoms with Gasteiger partial charge in [-0.15, -0.1) is 0 Å². The first-order chi connectivity index (χ1) is 14.2. The van der Waals surface area contributed by atoms with Crippen molar-refractivity contribution in [3.63, 3.8) is 0 Å². The minimum atomic E-state index is -0.600. The molecule has 1 saturated heterocycles. The van der Waals surface area contributed by atoms with Crippen LogP contribution in [0.25, 0.3) is 0 Å². The summed E-state index contributed by atoms with van der Waals surface area (Å²) in [5.74, 6) is 2.33. The van der Waals surface area contributed by atoms with E-state index in [1.165, 1.54) is 5.56 Å². The third-order valence-electron chi connectivity index (χ3n) is 5.02. The predicted molar refractivity (Wildman–Crippen MR) is 112 cm³/mol. The molecule has 3 rings (SSSR count). The maximum atomic E-state index is 10.6. The second-order valence-corrected chi connectivity index (χ2v) is 7.32. The van der Waals surface area contributed by atoms with E-state index in [1.54, 1.807) is 14.2 Å². The predicted octanol–water partition coefficient (Wildman–Crippen LogP) is 3.12. The summed E-state index contributed by atoms with van der Waals surface area (Å²) in [6.45, 7) is 3.11. The van der Waals surface area contributed by atoms with E-state index in [4.69, 9.17) is 18.9 Å². The maximum Gasteiger partial charge on any atom is 0.119 e. The van der Waals surface area contributed by atoms with Gasteiger partial charge >= 0.3 is 0 Å². The van der Waals surface area contributed by atoms with Gasteiger partial charge in [-0.25, -0.2) is 0 Å². The molecule has 6 heteroatoms. The monoisotopic (exact) mass is 401 g/mol. The molecule has 1 fully saturated rings. The number of aliphatic hydroxyl groups excluding tert-OH is 1. The Hall–Kier alpha value is -2.28. The molecular weight excluding hydrogens is 370 g/mol. The van der Waals surface area contributed by atoms with Gasteiger partial charge in [0.15, 0.2) is 0 Å². The maximum absolute atomic E-state index is 10.6. The van der Waals surface area contributed by atoms with Crippen molar-refractivity contribution in [3.05, 3.63) is 54.1 Å². The van der Waals surface area contributed by atoms with E-state index in [1.807, 2.05) is 36.4 Å². The highest BCUT2D eigenvalue weighted by atomic mass is 16.5. The number of rotatable bonds is 11. The second kappa shape index (κ2) is 11.0. The van der Waals surface area contributed by atoms with E-state index in [0.29, 0.717) is 12.3 Å². The molecule has 0 aliphatic carbocycles. The van der Waals surface area contributed by atoms with Crippen LogP contribution in [0.2, 0.25) is 0 Å². The van der Waals surface area contributed by atoms with Gasteiger partial charge in [0, 0.05) is 26.2 Å². The zero-order chi connectivity index (χ0) is 20.5. The molecule has 0 spiro atoms. The highest BCUT2D eigenvalue weighted by molar-refractivity contribution is 5.31. The Morgan fingerprint density at radius 2 is 1.62 bits per heavy atom. The van der Waals surface area contributed by atoms with Gasteiger partial charge in [-0.3, -0.25) is 4.90 Å². The first-order valence-corrected chi connectivity index (χ1v) is 10.1. The SMILES string of the molecule is COc1ccc(CN(CC(O)COc2ccc(OC)cc2)CC2CCCO2)cc1. The van der Waals surface area contributed by atoms with Gasteiger partial charge in [0.1, 0.15) is 30.0 Å². The fourth-order valence-electron chi connectivity index (χ4n) is 3.48. The van der Waals surface area contributed by atoms with Crippen molar-refractivity contribution in [1.82, 2.24) is 4.90 Å². The average molecular weight is 402 g/mol. The zero-order valence-electron chi connectivity index (χ0n) is 17.3. The summed E-state index contributed by atoms with van der Waals surface area (Å²) in [5, 5.41) is 10.6. The van der Waals surface area contributed by atoms with Crippen LogP contribution in [-0.4, -0.2) is 62.7 Å². The molecule has 1 aliphatic heterocycles. The van der Waals surface area contributed by atoms with Crippen LogP contribution in [0.1, 0.15) is 18.4 Å². The Bertz CT molecular complexity index is 713. The molecule has 1 N–H and O–H groups in total. The fourth-order valence-corrected chi connectivity index (χ4v) is 3.48. The standard InChI is InChI=1S/C23H31NO5/c1-26-20-7-5-18(6-8-20)14-24(16-23-4-3-13-28-23)15-19(25)17-29-22-11-9-21(27-2)10-12-22/h5-12,19,23,25H,3-4,13-17H2,1-2H3. The summed E-state index contributed by atoms with van der Waals surface area (Å²) in [5.41, 5.74) is 1.17. The van der Waals surface area contributed by atoms with E-state index >= 15 is 0 Å². The topological polar surface area (TPSA) is 60.4 Å². The molecule has 2 unspecified atom stereocenters. The lowest BCUT2D eigenvalue weighted by atomic mass is 10.1. The van der Waals surface area contributed by atoms with Gasteiger partial charge in [-0.05, 0) is 54.8 Å². The third-order valence-corrected chi connectivity index (χ3v) is 5.02. The molecular formula is C23H31NO5. The molecule has 0 radical (unpaired) electrons. The molecule has 158 valence electrons. The summed E-state index contributed by atoms with van der Waals surface area (Å²) < 4.78 is 21.9. The first-order valence-electron chi connectivity index (χ1n) is 10.1. The van der Waals surface area contributed by atoms with Crippen molar-refractivity contribution in [3.8, 4) is 17.2 Å². The summed E-state index contributed by atoms with van der Waals surface area (Å²) in [6, 6.07) is 15.4. The highest BCUT2D eigenvalue weighted by Crippen LogP contribution is 2.19. The lowest BCUT2D eigenvalue weighted by molar-refractivity contribution is 0.0313. The number of methoxy groups -OCH3 is 2. The van der Waals surface area contributed by atoms with E-state index in [0.717, 1.165) is 44.0 Å². The molecule has 0 aromatic heterocycles. The van der Waals surface area contributed by atoms with Gasteiger partial charge < -0.3 is 24.1 Å². The molecule has 0 amide bonds. The van der Waals surface area contributed by atoms with E-state index in [9.17, 15) is 5.11 Å². The Kier molecular flexibility index (Phi) is 8.16. The molecule has 29 heavy (non-hydrogen) atoms. The molecule has 0 saturated carbocycles. The van der Waals surface area contributed by atoms with E-state index in [-0.39, 0.29) is 12.7 Å². The number of aliphatic hydroxyl groups is 1. The fraction of sp³-hybridized carbons (Fsp3) is 0.478. The van der Waals surface area contributed by atoms with Crippen LogP contribution >= 0.6 is 0 Å². The van der Waals surface area contributed by atoms with Crippen molar-refractivity contribution in [2.75, 3.05) is 40.5 Å². The molecule has 2 atom stereocenters. The van der Waals surface area contributed by atoms with Crippen molar-refractivity contribution in [1.29, 1.82) is 0 Å². The quantitative estimate of drug-likeness (QED) is 0.624. The Labute approximate surface area is 173 Å². The number of benzene rings is 2. The minimum absolute atomic E-state index is 0.225. The van der Waals surface area contributed by atoms with E-state index < -0.39 is 6.10 Å². The lowest BCUT2D eigenvalue weighted by Crippen LogP contribution is -2.39. The lowest BCUT2D eigenvalue weighted by Gasteiger charge is -2.27. The van der Waals surface area contributed by atoms with Crippen molar-refractivity contribution in [2.24, 2.45) is 0 Å². The van der Waals surface area contributed by atoms with Gasteiger partial charge in [-0.1, -0.05) is 12.1 Å².